The van der Waals surface area contributed by atoms with Gasteiger partial charge in [-0.05, 0) is 12.1 Å². The minimum absolute atomic E-state index is 0.170. The summed E-state index contributed by atoms with van der Waals surface area (Å²) in [5, 5.41) is 38.6. The quantitative estimate of drug-likeness (QED) is 0.279. The number of carbonyl (C=O) groups excluding carboxylic acids is 3. The van der Waals surface area contributed by atoms with E-state index < -0.39 is 88.5 Å². The SMILES string of the molecule is O=C(ON1C(=O)CCC1=O)c1cc2cc(Cl)c(O[C@@H]3OC(CO)[C@H](O)C(O)C3O)c(F)c2oc1=O. The zero-order valence-corrected chi connectivity index (χ0v) is 18.2. The molecule has 5 atom stereocenters. The Labute approximate surface area is 198 Å². The number of fused-ring (bicyclic) bond motifs is 1. The standard InChI is InChI=1S/C20H17ClFNO12/c21-8-4-6-3-7(19(31)35-23-10(25)1-2-11(23)26)18(30)33-16(6)12(22)17(8)34-20-15(29)14(28)13(27)9(5-24)32-20/h3-4,9,13-15,20,24,27-29H,1-2,5H2/t9?,13-,14?,15?,20-/m0/s1. The topological polar surface area (TPSA) is 193 Å². The van der Waals surface area contributed by atoms with Crippen LogP contribution in [0.2, 0.25) is 5.02 Å². The Kier molecular flexibility index (Phi) is 6.77. The summed E-state index contributed by atoms with van der Waals surface area (Å²) in [6, 6.07) is 1.90. The molecule has 35 heavy (non-hydrogen) atoms. The van der Waals surface area contributed by atoms with Gasteiger partial charge in [0.1, 0.15) is 30.0 Å². The van der Waals surface area contributed by atoms with Gasteiger partial charge in [0, 0.05) is 18.2 Å². The maximum atomic E-state index is 15.2. The number of rotatable bonds is 5. The molecule has 3 unspecified atom stereocenters. The fourth-order valence-electron chi connectivity index (χ4n) is 3.50. The largest absolute Gasteiger partial charge is 0.457 e. The molecular formula is C20H17ClFNO12. The van der Waals surface area contributed by atoms with Gasteiger partial charge in [0.15, 0.2) is 11.3 Å². The third-order valence-corrected chi connectivity index (χ3v) is 5.64. The van der Waals surface area contributed by atoms with Crippen LogP contribution in [0.15, 0.2) is 21.3 Å². The number of hydroxylamine groups is 2. The zero-order chi connectivity index (χ0) is 25.6. The highest BCUT2D eigenvalue weighted by atomic mass is 35.5. The zero-order valence-electron chi connectivity index (χ0n) is 17.4. The minimum atomic E-state index is -1.88. The van der Waals surface area contributed by atoms with Gasteiger partial charge in [0.25, 0.3) is 11.8 Å². The Bertz CT molecular complexity index is 1250. The number of aliphatic hydroxyl groups is 4. The molecule has 2 amide bonds. The molecular weight excluding hydrogens is 501 g/mol. The second-order valence-corrected chi connectivity index (χ2v) is 8.05. The minimum Gasteiger partial charge on any atom is -0.457 e. The van der Waals surface area contributed by atoms with Crippen LogP contribution in [-0.2, 0) is 19.2 Å². The normalized spacial score (nSPS) is 26.9. The van der Waals surface area contributed by atoms with E-state index in [1.165, 1.54) is 0 Å². The molecule has 0 aliphatic carbocycles. The highest BCUT2D eigenvalue weighted by molar-refractivity contribution is 6.32. The van der Waals surface area contributed by atoms with Gasteiger partial charge in [-0.15, -0.1) is 5.06 Å². The van der Waals surface area contributed by atoms with Crippen LogP contribution < -0.4 is 10.4 Å². The second kappa shape index (κ2) is 9.49. The number of carbonyl (C=O) groups is 3. The molecule has 188 valence electrons. The predicted octanol–water partition coefficient (Wildman–Crippen LogP) is -1.02. The van der Waals surface area contributed by atoms with Gasteiger partial charge < -0.3 is 39.2 Å². The van der Waals surface area contributed by atoms with Gasteiger partial charge in [0.05, 0.1) is 11.6 Å². The lowest BCUT2D eigenvalue weighted by Crippen LogP contribution is -2.60. The summed E-state index contributed by atoms with van der Waals surface area (Å²) < 4.78 is 30.4. The van der Waals surface area contributed by atoms with Crippen molar-refractivity contribution in [2.45, 2.75) is 43.5 Å². The summed E-state index contributed by atoms with van der Waals surface area (Å²) >= 11 is 6.06. The molecule has 0 spiro atoms. The molecule has 13 nitrogen and oxygen atoms in total. The third-order valence-electron chi connectivity index (χ3n) is 5.36. The molecule has 0 radical (unpaired) electrons. The first-order chi connectivity index (χ1) is 16.5. The molecule has 2 aliphatic rings. The number of aliphatic hydroxyl groups excluding tert-OH is 4. The maximum Gasteiger partial charge on any atom is 0.371 e. The number of nitrogens with zero attached hydrogens (tertiary/aromatic N) is 1. The lowest BCUT2D eigenvalue weighted by molar-refractivity contribution is -0.277. The van der Waals surface area contributed by atoms with Gasteiger partial charge in [-0.25, -0.2) is 9.59 Å². The van der Waals surface area contributed by atoms with Crippen molar-refractivity contribution in [3.8, 4) is 5.75 Å². The van der Waals surface area contributed by atoms with E-state index in [4.69, 9.17) is 25.5 Å². The molecule has 0 saturated carbocycles. The molecule has 15 heteroatoms. The second-order valence-electron chi connectivity index (χ2n) is 7.64. The van der Waals surface area contributed by atoms with Crippen LogP contribution in [0, 0.1) is 5.82 Å². The van der Waals surface area contributed by atoms with Crippen molar-refractivity contribution in [1.29, 1.82) is 0 Å². The monoisotopic (exact) mass is 517 g/mol. The first-order valence-corrected chi connectivity index (χ1v) is 10.4. The van der Waals surface area contributed by atoms with Crippen molar-refractivity contribution < 1.29 is 57.9 Å². The Hall–Kier alpha value is -3.14. The number of halogens is 2. The molecule has 2 saturated heterocycles. The van der Waals surface area contributed by atoms with E-state index >= 15 is 4.39 Å². The molecule has 3 heterocycles. The third kappa shape index (κ3) is 4.47. The Morgan fingerprint density at radius 3 is 2.40 bits per heavy atom. The van der Waals surface area contributed by atoms with Crippen molar-refractivity contribution in [3.05, 3.63) is 39.0 Å². The molecule has 2 aliphatic heterocycles. The van der Waals surface area contributed by atoms with Gasteiger partial charge >= 0.3 is 11.6 Å². The molecule has 1 aromatic carbocycles. The van der Waals surface area contributed by atoms with Crippen molar-refractivity contribution in [2.75, 3.05) is 6.61 Å². The van der Waals surface area contributed by atoms with Crippen LogP contribution in [0.5, 0.6) is 5.75 Å². The smallest absolute Gasteiger partial charge is 0.371 e. The van der Waals surface area contributed by atoms with Crippen LogP contribution >= 0.6 is 11.6 Å². The molecule has 1 aromatic heterocycles. The summed E-state index contributed by atoms with van der Waals surface area (Å²) in [5.41, 5.74) is -2.85. The first kappa shape index (κ1) is 25.0. The van der Waals surface area contributed by atoms with Crippen molar-refractivity contribution in [3.63, 3.8) is 0 Å². The van der Waals surface area contributed by atoms with E-state index in [1.807, 2.05) is 0 Å². The van der Waals surface area contributed by atoms with Gasteiger partial charge in [-0.2, -0.15) is 4.39 Å². The summed E-state index contributed by atoms with van der Waals surface area (Å²) in [6.07, 6.45) is -8.84. The number of benzene rings is 1. The molecule has 4 N–H and O–H groups in total. The number of hydrogen-bond donors (Lipinski definition) is 4. The number of amides is 2. The van der Waals surface area contributed by atoms with E-state index in [-0.39, 0.29) is 23.3 Å². The summed E-state index contributed by atoms with van der Waals surface area (Å²) in [4.78, 5) is 52.5. The Morgan fingerprint density at radius 2 is 1.77 bits per heavy atom. The average molecular weight is 518 g/mol. The van der Waals surface area contributed by atoms with E-state index in [0.717, 1.165) is 12.1 Å². The fraction of sp³-hybridized carbons (Fsp3) is 0.400. The van der Waals surface area contributed by atoms with Crippen LogP contribution in [0.3, 0.4) is 0 Å². The van der Waals surface area contributed by atoms with Gasteiger partial charge in [-0.3, -0.25) is 9.59 Å². The average Bonchev–Trinajstić information content (AvgIpc) is 3.13. The van der Waals surface area contributed by atoms with E-state index in [9.17, 15) is 39.6 Å². The van der Waals surface area contributed by atoms with Crippen molar-refractivity contribution in [1.82, 2.24) is 5.06 Å². The number of imide groups is 1. The van der Waals surface area contributed by atoms with Gasteiger partial charge in [-0.1, -0.05) is 11.6 Å². The fourth-order valence-corrected chi connectivity index (χ4v) is 3.74. The first-order valence-electron chi connectivity index (χ1n) is 10.0. The summed E-state index contributed by atoms with van der Waals surface area (Å²) in [5.74, 6) is -5.07. The highest BCUT2D eigenvalue weighted by Gasteiger charge is 2.45. The maximum absolute atomic E-state index is 15.2. The lowest BCUT2D eigenvalue weighted by Gasteiger charge is -2.39. The number of ether oxygens (including phenoxy) is 2. The van der Waals surface area contributed by atoms with Crippen LogP contribution in [0.25, 0.3) is 11.0 Å². The molecule has 0 bridgehead atoms. The number of hydrogen-bond acceptors (Lipinski definition) is 12. The van der Waals surface area contributed by atoms with E-state index in [2.05, 4.69) is 4.84 Å². The lowest BCUT2D eigenvalue weighted by atomic mass is 9.99. The Balaban J connectivity index is 1.65. The van der Waals surface area contributed by atoms with E-state index in [1.54, 1.807) is 0 Å². The van der Waals surface area contributed by atoms with E-state index in [0.29, 0.717) is 0 Å². The van der Waals surface area contributed by atoms with Crippen LogP contribution in [0.1, 0.15) is 23.2 Å². The van der Waals surface area contributed by atoms with Gasteiger partial charge in [0.2, 0.25) is 12.1 Å². The van der Waals surface area contributed by atoms with Crippen molar-refractivity contribution >= 4 is 40.4 Å². The van der Waals surface area contributed by atoms with Crippen LogP contribution in [0.4, 0.5) is 4.39 Å². The molecule has 4 rings (SSSR count). The van der Waals surface area contributed by atoms with Crippen LogP contribution in [-0.4, -0.2) is 80.6 Å². The predicted molar refractivity (Wildman–Crippen MR) is 108 cm³/mol. The van der Waals surface area contributed by atoms with Crippen molar-refractivity contribution in [2.24, 2.45) is 0 Å². The molecule has 2 aromatic rings. The summed E-state index contributed by atoms with van der Waals surface area (Å²) in [6.45, 7) is -0.763. The Morgan fingerprint density at radius 1 is 1.11 bits per heavy atom. The molecule has 2 fully saturated rings. The highest BCUT2D eigenvalue weighted by Crippen LogP contribution is 2.36. The summed E-state index contributed by atoms with van der Waals surface area (Å²) in [7, 11) is 0.